The van der Waals surface area contributed by atoms with E-state index in [4.69, 9.17) is 4.74 Å². The van der Waals surface area contributed by atoms with E-state index in [0.717, 1.165) is 12.1 Å². The molecule has 1 heterocycles. The first-order valence-corrected chi connectivity index (χ1v) is 6.99. The van der Waals surface area contributed by atoms with Crippen LogP contribution in [0.3, 0.4) is 0 Å². The lowest BCUT2D eigenvalue weighted by Crippen LogP contribution is -3.12. The van der Waals surface area contributed by atoms with Gasteiger partial charge in [0, 0.05) is 5.56 Å². The van der Waals surface area contributed by atoms with Crippen molar-refractivity contribution in [2.45, 2.75) is 19.3 Å². The van der Waals surface area contributed by atoms with Crippen LogP contribution < -0.4 is 22.0 Å². The molecular formula is C17H20ClNO2. The van der Waals surface area contributed by atoms with Crippen molar-refractivity contribution >= 4 is 0 Å². The summed E-state index contributed by atoms with van der Waals surface area (Å²) in [6.45, 7) is 3.35. The van der Waals surface area contributed by atoms with Crippen LogP contribution in [0.4, 0.5) is 0 Å². The first-order valence-electron chi connectivity index (χ1n) is 6.99. The molecule has 1 fully saturated rings. The Bertz CT molecular complexity index is 572. The number of piperidine rings is 1. The van der Waals surface area contributed by atoms with Crippen molar-refractivity contribution in [3.63, 3.8) is 0 Å². The van der Waals surface area contributed by atoms with E-state index in [2.05, 4.69) is 23.7 Å². The summed E-state index contributed by atoms with van der Waals surface area (Å²) in [5.74, 6) is 12.4. The summed E-state index contributed by atoms with van der Waals surface area (Å²) in [4.78, 5) is 1.57. The largest absolute Gasteiger partial charge is 1.00 e. The van der Waals surface area contributed by atoms with Crippen LogP contribution in [0.15, 0.2) is 18.2 Å². The maximum absolute atomic E-state index is 9.48. The molecule has 4 heteroatoms. The van der Waals surface area contributed by atoms with E-state index in [-0.39, 0.29) is 18.2 Å². The molecule has 0 amide bonds. The van der Waals surface area contributed by atoms with Crippen LogP contribution in [0.1, 0.15) is 24.8 Å². The average molecular weight is 306 g/mol. The average Bonchev–Trinajstić information content (AvgIpc) is 2.49. The van der Waals surface area contributed by atoms with Gasteiger partial charge >= 0.3 is 0 Å². The predicted molar refractivity (Wildman–Crippen MR) is 78.7 cm³/mol. The number of phenolic OH excluding ortho intramolecular Hbond substituents is 1. The third-order valence-electron chi connectivity index (χ3n) is 3.44. The summed E-state index contributed by atoms with van der Waals surface area (Å²) in [7, 11) is 1.52. The van der Waals surface area contributed by atoms with Gasteiger partial charge < -0.3 is 27.2 Å². The van der Waals surface area contributed by atoms with Crippen LogP contribution in [-0.2, 0) is 0 Å². The highest BCUT2D eigenvalue weighted by atomic mass is 35.5. The molecular weight excluding hydrogens is 286 g/mol. The monoisotopic (exact) mass is 305 g/mol. The van der Waals surface area contributed by atoms with Gasteiger partial charge in [-0.2, -0.15) is 0 Å². The minimum atomic E-state index is 0. The number of halogens is 1. The fourth-order valence-corrected chi connectivity index (χ4v) is 2.30. The molecule has 2 rings (SSSR count). The quantitative estimate of drug-likeness (QED) is 0.610. The van der Waals surface area contributed by atoms with Crippen LogP contribution in [-0.4, -0.2) is 31.9 Å². The highest BCUT2D eigenvalue weighted by Gasteiger charge is 2.10. The summed E-state index contributed by atoms with van der Waals surface area (Å²) in [5.41, 5.74) is 0.791. The highest BCUT2D eigenvalue weighted by molar-refractivity contribution is 5.49. The first-order chi connectivity index (χ1) is 9.79. The van der Waals surface area contributed by atoms with Gasteiger partial charge in [-0.05, 0) is 55.2 Å². The molecule has 0 unspecified atom stereocenters. The molecule has 1 aliphatic rings. The number of phenols is 1. The van der Waals surface area contributed by atoms with Crippen molar-refractivity contribution in [2.24, 2.45) is 0 Å². The number of hydrogen-bond acceptors (Lipinski definition) is 2. The van der Waals surface area contributed by atoms with E-state index < -0.39 is 0 Å². The highest BCUT2D eigenvalue weighted by Crippen LogP contribution is 2.25. The van der Waals surface area contributed by atoms with Crippen LogP contribution in [0.25, 0.3) is 0 Å². The fourth-order valence-electron chi connectivity index (χ4n) is 2.30. The summed E-state index contributed by atoms with van der Waals surface area (Å²) in [6, 6.07) is 5.04. The Balaban J connectivity index is 0.00000220. The van der Waals surface area contributed by atoms with Gasteiger partial charge in [0.25, 0.3) is 0 Å². The molecule has 0 saturated carbocycles. The van der Waals surface area contributed by atoms with E-state index in [0.29, 0.717) is 5.75 Å². The minimum Gasteiger partial charge on any atom is -1.00 e. The van der Waals surface area contributed by atoms with Gasteiger partial charge in [-0.25, -0.2) is 0 Å². The van der Waals surface area contributed by atoms with Gasteiger partial charge in [0.1, 0.15) is 6.54 Å². The molecule has 1 saturated heterocycles. The summed E-state index contributed by atoms with van der Waals surface area (Å²) >= 11 is 0. The molecule has 112 valence electrons. The Morgan fingerprint density at radius 2 is 1.95 bits per heavy atom. The topological polar surface area (TPSA) is 33.9 Å². The molecule has 0 aromatic heterocycles. The van der Waals surface area contributed by atoms with E-state index in [1.165, 1.54) is 39.5 Å². The van der Waals surface area contributed by atoms with Gasteiger partial charge in [-0.3, -0.25) is 0 Å². The van der Waals surface area contributed by atoms with Crippen LogP contribution in [0.5, 0.6) is 11.5 Å². The SMILES string of the molecule is COc1cc(C#CC#CC[NH+]2CCCCC2)ccc1O.[Cl-]. The minimum absolute atomic E-state index is 0. The van der Waals surface area contributed by atoms with Crippen molar-refractivity contribution in [3.8, 4) is 35.2 Å². The lowest BCUT2D eigenvalue weighted by Gasteiger charge is -2.20. The zero-order chi connectivity index (χ0) is 14.2. The smallest absolute Gasteiger partial charge is 0.161 e. The molecule has 0 radical (unpaired) electrons. The van der Waals surface area contributed by atoms with Crippen LogP contribution in [0.2, 0.25) is 0 Å². The molecule has 0 atom stereocenters. The molecule has 1 aromatic carbocycles. The third kappa shape index (κ3) is 5.60. The number of rotatable bonds is 2. The number of ether oxygens (including phenoxy) is 1. The summed E-state index contributed by atoms with van der Waals surface area (Å²) in [5, 5.41) is 9.48. The van der Waals surface area contributed by atoms with Crippen LogP contribution >= 0.6 is 0 Å². The van der Waals surface area contributed by atoms with Crippen molar-refractivity contribution in [1.29, 1.82) is 0 Å². The van der Waals surface area contributed by atoms with Crippen molar-refractivity contribution in [2.75, 3.05) is 26.7 Å². The van der Waals surface area contributed by atoms with Gasteiger partial charge in [-0.15, -0.1) is 0 Å². The summed E-state index contributed by atoms with van der Waals surface area (Å²) < 4.78 is 5.04. The Morgan fingerprint density at radius 3 is 2.67 bits per heavy atom. The Hall–Kier alpha value is -1.81. The number of likely N-dealkylation sites (tertiary alicyclic amines) is 1. The molecule has 2 N–H and O–H groups in total. The maximum Gasteiger partial charge on any atom is 0.161 e. The van der Waals surface area contributed by atoms with Crippen molar-refractivity contribution in [3.05, 3.63) is 23.8 Å². The normalized spacial score (nSPS) is 14.0. The zero-order valence-electron chi connectivity index (χ0n) is 12.2. The predicted octanol–water partition coefficient (Wildman–Crippen LogP) is -2.17. The molecule has 0 bridgehead atoms. The van der Waals surface area contributed by atoms with Crippen LogP contribution in [0, 0.1) is 23.7 Å². The van der Waals surface area contributed by atoms with Gasteiger partial charge in [0.2, 0.25) is 0 Å². The second kappa shape index (κ2) is 9.19. The number of aromatic hydroxyl groups is 1. The number of nitrogens with one attached hydrogen (secondary N) is 1. The number of hydrogen-bond donors (Lipinski definition) is 2. The summed E-state index contributed by atoms with van der Waals surface area (Å²) in [6.07, 6.45) is 3.99. The molecule has 3 nitrogen and oxygen atoms in total. The van der Waals surface area contributed by atoms with E-state index in [1.54, 1.807) is 23.1 Å². The molecule has 1 aromatic rings. The second-order valence-corrected chi connectivity index (χ2v) is 4.93. The maximum atomic E-state index is 9.48. The van der Waals surface area contributed by atoms with E-state index >= 15 is 0 Å². The third-order valence-corrected chi connectivity index (χ3v) is 3.44. The van der Waals surface area contributed by atoms with Gasteiger partial charge in [0.15, 0.2) is 11.5 Å². The lowest BCUT2D eigenvalue weighted by atomic mass is 10.1. The second-order valence-electron chi connectivity index (χ2n) is 4.93. The van der Waals surface area contributed by atoms with Crippen molar-refractivity contribution in [1.82, 2.24) is 0 Å². The Morgan fingerprint density at radius 1 is 1.19 bits per heavy atom. The molecule has 0 spiro atoms. The van der Waals surface area contributed by atoms with Gasteiger partial charge in [-0.1, -0.05) is 5.92 Å². The Labute approximate surface area is 132 Å². The van der Waals surface area contributed by atoms with Crippen molar-refractivity contribution < 1.29 is 27.2 Å². The zero-order valence-corrected chi connectivity index (χ0v) is 13.0. The Kier molecular flexibility index (Phi) is 7.54. The molecule has 1 aliphatic heterocycles. The van der Waals surface area contributed by atoms with Gasteiger partial charge in [0.05, 0.1) is 20.2 Å². The number of benzene rings is 1. The molecule has 21 heavy (non-hydrogen) atoms. The number of quaternary nitrogens is 1. The lowest BCUT2D eigenvalue weighted by molar-refractivity contribution is -0.897. The number of methoxy groups -OCH3 is 1. The van der Waals surface area contributed by atoms with E-state index in [1.807, 2.05) is 0 Å². The fraction of sp³-hybridized carbons (Fsp3) is 0.412. The molecule has 0 aliphatic carbocycles. The first kappa shape index (κ1) is 17.2. The van der Waals surface area contributed by atoms with E-state index in [9.17, 15) is 5.11 Å². The standard InChI is InChI=1S/C17H19NO2.ClH/c1-20-17-14-15(9-10-16(17)19)8-4-2-5-11-18-12-6-3-7-13-18;/h9-10,14,19H,3,6-7,11-13H2,1H3;1H.